The molecule has 1 aromatic carbocycles. The Hall–Kier alpha value is -0.910. The fraction of sp³-hybridized carbons (Fsp3) is 0.111. The third-order valence-corrected chi connectivity index (χ3v) is 3.02. The van der Waals surface area contributed by atoms with E-state index in [1.807, 2.05) is 6.07 Å². The molecule has 0 aliphatic carbocycles. The monoisotopic (exact) mass is 287 g/mol. The second-order valence-corrected chi connectivity index (χ2v) is 4.10. The van der Waals surface area contributed by atoms with Gasteiger partial charge in [0.05, 0.1) is 11.6 Å². The second-order valence-electron chi connectivity index (χ2n) is 2.83. The molecule has 0 atom stereocenters. The van der Waals surface area contributed by atoms with E-state index in [4.69, 9.17) is 21.8 Å². The van der Waals surface area contributed by atoms with Crippen molar-refractivity contribution in [2.75, 3.05) is 0 Å². The Morgan fingerprint density at radius 3 is 2.80 bits per heavy atom. The van der Waals surface area contributed by atoms with Crippen LogP contribution in [0.1, 0.15) is 5.89 Å². The third-order valence-electron chi connectivity index (χ3n) is 1.81. The molecule has 4 nitrogen and oxygen atoms in total. The van der Waals surface area contributed by atoms with Crippen LogP contribution in [0.15, 0.2) is 27.1 Å². The van der Waals surface area contributed by atoms with Gasteiger partial charge in [0.25, 0.3) is 0 Å². The van der Waals surface area contributed by atoms with Crippen molar-refractivity contribution >= 4 is 27.5 Å². The number of benzene rings is 1. The third kappa shape index (κ3) is 2.19. The van der Waals surface area contributed by atoms with E-state index in [1.165, 1.54) is 0 Å². The fourth-order valence-corrected chi connectivity index (χ4v) is 1.58. The molecular formula is C9H7BrClN3O. The minimum absolute atomic E-state index is 0.238. The number of hydrogen-bond acceptors (Lipinski definition) is 4. The van der Waals surface area contributed by atoms with Crippen LogP contribution in [-0.2, 0) is 6.54 Å². The van der Waals surface area contributed by atoms with Gasteiger partial charge in [0.15, 0.2) is 0 Å². The van der Waals surface area contributed by atoms with Gasteiger partial charge in [0, 0.05) is 10.0 Å². The lowest BCUT2D eigenvalue weighted by atomic mass is 10.2. The van der Waals surface area contributed by atoms with Gasteiger partial charge in [0.2, 0.25) is 11.8 Å². The average Bonchev–Trinajstić information content (AvgIpc) is 2.70. The molecule has 1 heterocycles. The zero-order chi connectivity index (χ0) is 10.8. The van der Waals surface area contributed by atoms with Gasteiger partial charge in [-0.25, -0.2) is 0 Å². The summed E-state index contributed by atoms with van der Waals surface area (Å²) in [6, 6.07) is 5.38. The van der Waals surface area contributed by atoms with Crippen molar-refractivity contribution in [3.8, 4) is 11.5 Å². The molecule has 0 unspecified atom stereocenters. The molecule has 2 rings (SSSR count). The first-order valence-electron chi connectivity index (χ1n) is 4.18. The maximum absolute atomic E-state index is 5.87. The average molecular weight is 289 g/mol. The summed E-state index contributed by atoms with van der Waals surface area (Å²) in [5.74, 6) is 0.851. The van der Waals surface area contributed by atoms with Crippen molar-refractivity contribution in [3.05, 3.63) is 33.6 Å². The molecule has 1 aromatic heterocycles. The van der Waals surface area contributed by atoms with Crippen LogP contribution in [-0.4, -0.2) is 10.2 Å². The summed E-state index contributed by atoms with van der Waals surface area (Å²) >= 11 is 9.19. The summed E-state index contributed by atoms with van der Waals surface area (Å²) in [6.07, 6.45) is 0. The second kappa shape index (κ2) is 4.30. The van der Waals surface area contributed by atoms with Gasteiger partial charge < -0.3 is 10.2 Å². The highest BCUT2D eigenvalue weighted by Gasteiger charge is 2.08. The molecule has 0 radical (unpaired) electrons. The van der Waals surface area contributed by atoms with E-state index in [9.17, 15) is 0 Å². The summed E-state index contributed by atoms with van der Waals surface area (Å²) in [6.45, 7) is 0.238. The molecule has 0 saturated carbocycles. The van der Waals surface area contributed by atoms with Crippen LogP contribution in [0.25, 0.3) is 11.5 Å². The minimum Gasteiger partial charge on any atom is -0.419 e. The predicted molar refractivity (Wildman–Crippen MR) is 60.3 cm³/mol. The molecule has 0 aliphatic rings. The summed E-state index contributed by atoms with van der Waals surface area (Å²) in [7, 11) is 0. The molecule has 2 aromatic rings. The lowest BCUT2D eigenvalue weighted by Gasteiger charge is -1.97. The fourth-order valence-electron chi connectivity index (χ4n) is 1.08. The Balaban J connectivity index is 2.40. The number of hydrogen-bond donors (Lipinski definition) is 1. The minimum atomic E-state index is 0.238. The SMILES string of the molecule is NCc1nnc(-c2ccc(Cl)c(Br)c2)o1. The highest BCUT2D eigenvalue weighted by Crippen LogP contribution is 2.27. The lowest BCUT2D eigenvalue weighted by molar-refractivity contribution is 0.508. The predicted octanol–water partition coefficient (Wildman–Crippen LogP) is 2.61. The molecule has 2 N–H and O–H groups in total. The molecule has 0 aliphatic heterocycles. The van der Waals surface area contributed by atoms with Crippen molar-refractivity contribution in [2.24, 2.45) is 5.73 Å². The largest absolute Gasteiger partial charge is 0.419 e. The van der Waals surface area contributed by atoms with Crippen molar-refractivity contribution in [2.45, 2.75) is 6.54 Å². The van der Waals surface area contributed by atoms with Crippen molar-refractivity contribution < 1.29 is 4.42 Å². The molecular weight excluding hydrogens is 281 g/mol. The molecule has 6 heteroatoms. The van der Waals surface area contributed by atoms with Crippen molar-refractivity contribution in [1.29, 1.82) is 0 Å². The normalized spacial score (nSPS) is 10.6. The van der Waals surface area contributed by atoms with Gasteiger partial charge in [-0.05, 0) is 34.1 Å². The Kier molecular flexibility index (Phi) is 3.04. The molecule has 0 bridgehead atoms. The highest BCUT2D eigenvalue weighted by molar-refractivity contribution is 9.10. The van der Waals surface area contributed by atoms with Gasteiger partial charge in [-0.15, -0.1) is 10.2 Å². The van der Waals surface area contributed by atoms with Crippen molar-refractivity contribution in [3.63, 3.8) is 0 Å². The van der Waals surface area contributed by atoms with E-state index in [2.05, 4.69) is 26.1 Å². The van der Waals surface area contributed by atoms with Crippen LogP contribution < -0.4 is 5.73 Å². The Bertz CT molecular complexity index is 486. The first-order chi connectivity index (χ1) is 7.20. The topological polar surface area (TPSA) is 64.9 Å². The summed E-state index contributed by atoms with van der Waals surface area (Å²) in [5, 5.41) is 8.28. The zero-order valence-corrected chi connectivity index (χ0v) is 9.92. The Morgan fingerprint density at radius 2 is 2.20 bits per heavy atom. The number of nitrogens with two attached hydrogens (primary N) is 1. The van der Waals surface area contributed by atoms with E-state index < -0.39 is 0 Å². The standard InChI is InChI=1S/C9H7BrClN3O/c10-6-3-5(1-2-7(6)11)9-14-13-8(4-12)15-9/h1-3H,4,12H2. The number of halogens is 2. The first kappa shape index (κ1) is 10.6. The van der Waals surface area contributed by atoms with Gasteiger partial charge in [-0.1, -0.05) is 11.6 Å². The van der Waals surface area contributed by atoms with Gasteiger partial charge in [-0.3, -0.25) is 0 Å². The molecule has 0 amide bonds. The number of aromatic nitrogens is 2. The van der Waals surface area contributed by atoms with Crippen LogP contribution in [0.3, 0.4) is 0 Å². The van der Waals surface area contributed by atoms with E-state index >= 15 is 0 Å². The van der Waals surface area contributed by atoms with Gasteiger partial charge in [0.1, 0.15) is 0 Å². The summed E-state index contributed by atoms with van der Waals surface area (Å²) in [5.41, 5.74) is 6.17. The van der Waals surface area contributed by atoms with E-state index in [1.54, 1.807) is 12.1 Å². The van der Waals surface area contributed by atoms with Gasteiger partial charge >= 0.3 is 0 Å². The maximum atomic E-state index is 5.87. The van der Waals surface area contributed by atoms with Crippen LogP contribution in [0.2, 0.25) is 5.02 Å². The van der Waals surface area contributed by atoms with Crippen molar-refractivity contribution in [1.82, 2.24) is 10.2 Å². The smallest absolute Gasteiger partial charge is 0.247 e. The van der Waals surface area contributed by atoms with E-state index in [0.29, 0.717) is 16.8 Å². The molecule has 78 valence electrons. The molecule has 0 fully saturated rings. The van der Waals surface area contributed by atoms with E-state index in [-0.39, 0.29) is 6.54 Å². The zero-order valence-electron chi connectivity index (χ0n) is 7.58. The maximum Gasteiger partial charge on any atom is 0.247 e. The van der Waals surface area contributed by atoms with Crippen LogP contribution in [0.4, 0.5) is 0 Å². The molecule has 0 saturated heterocycles. The van der Waals surface area contributed by atoms with Crippen LogP contribution in [0.5, 0.6) is 0 Å². The quantitative estimate of drug-likeness (QED) is 0.922. The number of rotatable bonds is 2. The van der Waals surface area contributed by atoms with Crippen LogP contribution in [0, 0.1) is 0 Å². The molecule has 15 heavy (non-hydrogen) atoms. The summed E-state index contributed by atoms with van der Waals surface area (Å²) < 4.78 is 6.09. The lowest BCUT2D eigenvalue weighted by Crippen LogP contribution is -1.95. The first-order valence-corrected chi connectivity index (χ1v) is 5.35. The van der Waals surface area contributed by atoms with Gasteiger partial charge in [-0.2, -0.15) is 0 Å². The Morgan fingerprint density at radius 1 is 1.40 bits per heavy atom. The van der Waals surface area contributed by atoms with Crippen LogP contribution >= 0.6 is 27.5 Å². The highest BCUT2D eigenvalue weighted by atomic mass is 79.9. The summed E-state index contributed by atoms with van der Waals surface area (Å²) in [4.78, 5) is 0. The molecule has 0 spiro atoms. The Labute approximate surface area is 99.6 Å². The van der Waals surface area contributed by atoms with E-state index in [0.717, 1.165) is 10.0 Å². The number of nitrogens with zero attached hydrogens (tertiary/aromatic N) is 2.